The molecule has 0 spiro atoms. The van der Waals surface area contributed by atoms with E-state index in [0.717, 1.165) is 6.07 Å². The summed E-state index contributed by atoms with van der Waals surface area (Å²) in [5, 5.41) is 0. The van der Waals surface area contributed by atoms with Gasteiger partial charge in [0.05, 0.1) is 6.61 Å². The van der Waals surface area contributed by atoms with Gasteiger partial charge in [0.2, 0.25) is 0 Å². The number of hydrogen-bond donors (Lipinski definition) is 1. The maximum atomic E-state index is 13.4. The van der Waals surface area contributed by atoms with Gasteiger partial charge in [-0.3, -0.25) is 0 Å². The van der Waals surface area contributed by atoms with E-state index in [1.54, 1.807) is 0 Å². The van der Waals surface area contributed by atoms with Crippen molar-refractivity contribution in [3.8, 4) is 0 Å². The summed E-state index contributed by atoms with van der Waals surface area (Å²) in [5.41, 5.74) is -0.417. The highest BCUT2D eigenvalue weighted by Crippen LogP contribution is 2.49. The first-order valence-electron chi connectivity index (χ1n) is 4.56. The van der Waals surface area contributed by atoms with Crippen molar-refractivity contribution in [2.24, 2.45) is 5.90 Å². The Bertz CT molecular complexity index is 390. The van der Waals surface area contributed by atoms with Crippen LogP contribution in [-0.2, 0) is 10.3 Å². The molecule has 5 heteroatoms. The van der Waals surface area contributed by atoms with Crippen molar-refractivity contribution in [1.29, 1.82) is 0 Å². The van der Waals surface area contributed by atoms with Crippen LogP contribution in [0.4, 0.5) is 13.2 Å². The molecule has 0 aliphatic heterocycles. The van der Waals surface area contributed by atoms with Crippen LogP contribution in [0.1, 0.15) is 18.4 Å². The van der Waals surface area contributed by atoms with Crippen molar-refractivity contribution in [2.45, 2.75) is 18.3 Å². The van der Waals surface area contributed by atoms with Gasteiger partial charge in [0.15, 0.2) is 17.5 Å². The second kappa shape index (κ2) is 3.50. The molecule has 1 aromatic rings. The van der Waals surface area contributed by atoms with Crippen molar-refractivity contribution < 1.29 is 18.0 Å². The first kappa shape index (κ1) is 10.4. The average molecular weight is 217 g/mol. The van der Waals surface area contributed by atoms with Gasteiger partial charge in [-0.1, -0.05) is 6.07 Å². The van der Waals surface area contributed by atoms with Gasteiger partial charge >= 0.3 is 0 Å². The fourth-order valence-electron chi connectivity index (χ4n) is 1.74. The summed E-state index contributed by atoms with van der Waals surface area (Å²) in [7, 11) is 0. The van der Waals surface area contributed by atoms with Crippen LogP contribution < -0.4 is 5.90 Å². The summed E-state index contributed by atoms with van der Waals surface area (Å²) in [6.45, 7) is 0.120. The van der Waals surface area contributed by atoms with Gasteiger partial charge in [-0.25, -0.2) is 19.1 Å². The molecule has 1 saturated carbocycles. The quantitative estimate of drug-likeness (QED) is 0.621. The van der Waals surface area contributed by atoms with Crippen LogP contribution in [-0.4, -0.2) is 6.61 Å². The zero-order chi connectivity index (χ0) is 11.1. The third-order valence-corrected chi connectivity index (χ3v) is 2.82. The van der Waals surface area contributed by atoms with Gasteiger partial charge in [0.1, 0.15) is 0 Å². The largest absolute Gasteiger partial charge is 0.304 e. The first-order chi connectivity index (χ1) is 7.10. The van der Waals surface area contributed by atoms with Crippen LogP contribution in [0.3, 0.4) is 0 Å². The normalized spacial score (nSPS) is 17.9. The molecule has 0 amide bonds. The van der Waals surface area contributed by atoms with Crippen LogP contribution in [0.25, 0.3) is 0 Å². The van der Waals surface area contributed by atoms with E-state index in [9.17, 15) is 13.2 Å². The molecule has 2 N–H and O–H groups in total. The summed E-state index contributed by atoms with van der Waals surface area (Å²) < 4.78 is 39.1. The third-order valence-electron chi connectivity index (χ3n) is 2.82. The van der Waals surface area contributed by atoms with Crippen molar-refractivity contribution in [1.82, 2.24) is 0 Å². The predicted octanol–water partition coefficient (Wildman–Crippen LogP) is 2.03. The van der Waals surface area contributed by atoms with E-state index < -0.39 is 22.9 Å². The minimum Gasteiger partial charge on any atom is -0.304 e. The van der Waals surface area contributed by atoms with Crippen LogP contribution in [0.2, 0.25) is 0 Å². The maximum absolute atomic E-state index is 13.4. The Kier molecular flexibility index (Phi) is 2.44. The van der Waals surface area contributed by atoms with Gasteiger partial charge < -0.3 is 4.84 Å². The predicted molar refractivity (Wildman–Crippen MR) is 47.4 cm³/mol. The van der Waals surface area contributed by atoms with Gasteiger partial charge in [0.25, 0.3) is 0 Å². The fraction of sp³-hybridized carbons (Fsp3) is 0.400. The fourth-order valence-corrected chi connectivity index (χ4v) is 1.74. The number of hydrogen-bond acceptors (Lipinski definition) is 2. The zero-order valence-electron chi connectivity index (χ0n) is 7.90. The summed E-state index contributed by atoms with van der Waals surface area (Å²) in [6, 6.07) is 2.17. The van der Waals surface area contributed by atoms with Crippen molar-refractivity contribution in [2.75, 3.05) is 6.61 Å². The summed E-state index contributed by atoms with van der Waals surface area (Å²) >= 11 is 0. The van der Waals surface area contributed by atoms with E-state index in [2.05, 4.69) is 4.84 Å². The highest BCUT2D eigenvalue weighted by atomic mass is 19.2. The SMILES string of the molecule is NOCC1(c2ccc(F)c(F)c2F)CC1. The molecule has 1 aliphatic carbocycles. The molecular weight excluding hydrogens is 207 g/mol. The van der Waals surface area contributed by atoms with Gasteiger partial charge in [-0.2, -0.15) is 0 Å². The highest BCUT2D eigenvalue weighted by molar-refractivity contribution is 5.33. The molecule has 0 heterocycles. The monoisotopic (exact) mass is 217 g/mol. The Morgan fingerprint density at radius 1 is 1.20 bits per heavy atom. The van der Waals surface area contributed by atoms with Gasteiger partial charge in [0, 0.05) is 5.41 Å². The van der Waals surface area contributed by atoms with E-state index in [-0.39, 0.29) is 12.2 Å². The van der Waals surface area contributed by atoms with E-state index >= 15 is 0 Å². The summed E-state index contributed by atoms with van der Waals surface area (Å²) in [4.78, 5) is 4.47. The molecule has 1 fully saturated rings. The molecule has 2 rings (SSSR count). The molecule has 82 valence electrons. The molecule has 1 aromatic carbocycles. The molecule has 0 saturated heterocycles. The Labute approximate surface area is 84.8 Å². The maximum Gasteiger partial charge on any atom is 0.194 e. The molecule has 0 unspecified atom stereocenters. The lowest BCUT2D eigenvalue weighted by Crippen LogP contribution is -2.20. The van der Waals surface area contributed by atoms with Crippen LogP contribution in [0.5, 0.6) is 0 Å². The molecule has 0 radical (unpaired) electrons. The zero-order valence-corrected chi connectivity index (χ0v) is 7.90. The highest BCUT2D eigenvalue weighted by Gasteiger charge is 2.47. The summed E-state index contributed by atoms with van der Waals surface area (Å²) in [5.74, 6) is 1.17. The van der Waals surface area contributed by atoms with E-state index in [0.29, 0.717) is 12.8 Å². The van der Waals surface area contributed by atoms with E-state index in [4.69, 9.17) is 5.90 Å². The topological polar surface area (TPSA) is 35.2 Å². The van der Waals surface area contributed by atoms with E-state index in [1.165, 1.54) is 6.07 Å². The number of nitrogens with two attached hydrogens (primary N) is 1. The van der Waals surface area contributed by atoms with Crippen LogP contribution >= 0.6 is 0 Å². The minimum atomic E-state index is -1.43. The first-order valence-corrected chi connectivity index (χ1v) is 4.56. The summed E-state index contributed by atoms with van der Waals surface area (Å²) in [6.07, 6.45) is 1.35. The second-order valence-electron chi connectivity index (χ2n) is 3.81. The molecular formula is C10H10F3NO. The molecule has 0 aromatic heterocycles. The second-order valence-corrected chi connectivity index (χ2v) is 3.81. The molecule has 15 heavy (non-hydrogen) atoms. The van der Waals surface area contributed by atoms with Crippen molar-refractivity contribution >= 4 is 0 Å². The van der Waals surface area contributed by atoms with Crippen LogP contribution in [0, 0.1) is 17.5 Å². The Morgan fingerprint density at radius 2 is 1.87 bits per heavy atom. The van der Waals surface area contributed by atoms with Crippen molar-refractivity contribution in [3.05, 3.63) is 35.1 Å². The number of benzene rings is 1. The standard InChI is InChI=1S/C10H10F3NO/c11-7-2-1-6(8(12)9(7)13)10(3-4-10)5-15-14/h1-2H,3-5,14H2. The average Bonchev–Trinajstić information content (AvgIpc) is 2.96. The number of rotatable bonds is 3. The minimum absolute atomic E-state index is 0.120. The molecule has 2 nitrogen and oxygen atoms in total. The Balaban J connectivity index is 2.41. The molecule has 0 bridgehead atoms. The van der Waals surface area contributed by atoms with Gasteiger partial charge in [-0.05, 0) is 24.5 Å². The smallest absolute Gasteiger partial charge is 0.194 e. The Morgan fingerprint density at radius 3 is 2.40 bits per heavy atom. The van der Waals surface area contributed by atoms with Crippen LogP contribution in [0.15, 0.2) is 12.1 Å². The lowest BCUT2D eigenvalue weighted by atomic mass is 9.96. The molecule has 0 atom stereocenters. The van der Waals surface area contributed by atoms with Crippen molar-refractivity contribution in [3.63, 3.8) is 0 Å². The third kappa shape index (κ3) is 1.61. The number of halogens is 3. The Hall–Kier alpha value is -1.07. The van der Waals surface area contributed by atoms with E-state index in [1.807, 2.05) is 0 Å². The lowest BCUT2D eigenvalue weighted by molar-refractivity contribution is 0.114. The van der Waals surface area contributed by atoms with Gasteiger partial charge in [-0.15, -0.1) is 0 Å². The molecule has 1 aliphatic rings. The lowest BCUT2D eigenvalue weighted by Gasteiger charge is -2.15.